The molecule has 0 bridgehead atoms. The summed E-state index contributed by atoms with van der Waals surface area (Å²) in [6.07, 6.45) is 2.67. The molecule has 98 valence electrons. The predicted octanol–water partition coefficient (Wildman–Crippen LogP) is 0.113. The van der Waals surface area contributed by atoms with Gasteiger partial charge in [-0.2, -0.15) is 0 Å². The first-order chi connectivity index (χ1) is 8.09. The van der Waals surface area contributed by atoms with Gasteiger partial charge in [0.25, 0.3) is 0 Å². The summed E-state index contributed by atoms with van der Waals surface area (Å²) in [6.45, 7) is 5.52. The molecule has 0 aromatic carbocycles. The molecule has 0 aromatic heterocycles. The van der Waals surface area contributed by atoms with Crippen molar-refractivity contribution in [2.45, 2.75) is 38.6 Å². The molecule has 1 saturated heterocycles. The number of nitrogens with one attached hydrogen (secondary N) is 2. The monoisotopic (exact) mass is 241 g/mol. The third-order valence-corrected chi connectivity index (χ3v) is 3.54. The molecule has 0 aromatic rings. The Bertz CT molecular complexity index is 285. The number of nitrogens with zero attached hydrogens (tertiary/aromatic N) is 1. The van der Waals surface area contributed by atoms with Crippen LogP contribution in [0.3, 0.4) is 0 Å². The van der Waals surface area contributed by atoms with Crippen molar-refractivity contribution >= 4 is 11.8 Å². The summed E-state index contributed by atoms with van der Waals surface area (Å²) >= 11 is 0. The van der Waals surface area contributed by atoms with Crippen molar-refractivity contribution < 1.29 is 9.59 Å². The summed E-state index contributed by atoms with van der Waals surface area (Å²) in [5, 5.41) is 5.86. The number of likely N-dealkylation sites (N-methyl/N-ethyl adjacent to an activating group) is 2. The van der Waals surface area contributed by atoms with Gasteiger partial charge in [-0.05, 0) is 32.7 Å². The molecule has 1 aliphatic rings. The van der Waals surface area contributed by atoms with E-state index in [0.29, 0.717) is 6.54 Å². The molecule has 1 fully saturated rings. The molecule has 5 nitrogen and oxygen atoms in total. The standard InChI is InChI=1S/C12H23N3O2/c1-4-12(7-6-8-14-12)11(17)15(5-2)9-10(16)13-3/h14H,4-9H2,1-3H3,(H,13,16). The van der Waals surface area contributed by atoms with Crippen molar-refractivity contribution in [3.8, 4) is 0 Å². The fourth-order valence-electron chi connectivity index (χ4n) is 2.32. The first-order valence-corrected chi connectivity index (χ1v) is 6.34. The van der Waals surface area contributed by atoms with Crippen molar-refractivity contribution in [2.24, 2.45) is 0 Å². The average molecular weight is 241 g/mol. The van der Waals surface area contributed by atoms with E-state index in [9.17, 15) is 9.59 Å². The second kappa shape index (κ2) is 6.00. The van der Waals surface area contributed by atoms with Gasteiger partial charge in [0.2, 0.25) is 11.8 Å². The molecule has 2 amide bonds. The van der Waals surface area contributed by atoms with Crippen molar-refractivity contribution in [2.75, 3.05) is 26.7 Å². The van der Waals surface area contributed by atoms with E-state index in [1.54, 1.807) is 11.9 Å². The Balaban J connectivity index is 2.73. The maximum atomic E-state index is 12.5. The van der Waals surface area contributed by atoms with Gasteiger partial charge < -0.3 is 15.5 Å². The van der Waals surface area contributed by atoms with Gasteiger partial charge in [-0.3, -0.25) is 9.59 Å². The summed E-state index contributed by atoms with van der Waals surface area (Å²) in [7, 11) is 1.59. The van der Waals surface area contributed by atoms with Crippen LogP contribution in [0.2, 0.25) is 0 Å². The fourth-order valence-corrected chi connectivity index (χ4v) is 2.32. The predicted molar refractivity (Wildman–Crippen MR) is 66.6 cm³/mol. The zero-order valence-electron chi connectivity index (χ0n) is 11.0. The van der Waals surface area contributed by atoms with Crippen molar-refractivity contribution in [3.05, 3.63) is 0 Å². The zero-order valence-corrected chi connectivity index (χ0v) is 11.0. The highest BCUT2D eigenvalue weighted by Gasteiger charge is 2.41. The number of hydrogen-bond donors (Lipinski definition) is 2. The summed E-state index contributed by atoms with van der Waals surface area (Å²) in [4.78, 5) is 25.5. The second-order valence-electron chi connectivity index (χ2n) is 4.46. The molecule has 0 spiro atoms. The Morgan fingerprint density at radius 2 is 2.12 bits per heavy atom. The van der Waals surface area contributed by atoms with E-state index >= 15 is 0 Å². The Morgan fingerprint density at radius 1 is 1.41 bits per heavy atom. The summed E-state index contributed by atoms with van der Waals surface area (Å²) in [6, 6.07) is 0. The molecule has 1 atom stereocenters. The SMILES string of the molecule is CCN(CC(=O)NC)C(=O)C1(CC)CCCN1. The first-order valence-electron chi connectivity index (χ1n) is 6.34. The lowest BCUT2D eigenvalue weighted by Gasteiger charge is -2.33. The molecular weight excluding hydrogens is 218 g/mol. The molecule has 2 N–H and O–H groups in total. The van der Waals surface area contributed by atoms with Crippen LogP contribution in [0.4, 0.5) is 0 Å². The summed E-state index contributed by atoms with van der Waals surface area (Å²) < 4.78 is 0. The van der Waals surface area contributed by atoms with Crippen molar-refractivity contribution in [3.63, 3.8) is 0 Å². The molecule has 1 heterocycles. The Labute approximate surface area is 103 Å². The van der Waals surface area contributed by atoms with E-state index in [4.69, 9.17) is 0 Å². The van der Waals surface area contributed by atoms with Crippen LogP contribution >= 0.6 is 0 Å². The van der Waals surface area contributed by atoms with E-state index in [1.165, 1.54) is 0 Å². The highest BCUT2D eigenvalue weighted by molar-refractivity contribution is 5.90. The number of carbonyl (C=O) groups excluding carboxylic acids is 2. The number of carbonyl (C=O) groups is 2. The fraction of sp³-hybridized carbons (Fsp3) is 0.833. The Hall–Kier alpha value is -1.10. The summed E-state index contributed by atoms with van der Waals surface area (Å²) in [5.41, 5.74) is -0.440. The van der Waals surface area contributed by atoms with Crippen LogP contribution in [0.15, 0.2) is 0 Å². The number of amides is 2. The first kappa shape index (κ1) is 14.0. The van der Waals surface area contributed by atoms with Crippen LogP contribution in [0.1, 0.15) is 33.1 Å². The molecule has 1 aliphatic heterocycles. The summed E-state index contributed by atoms with van der Waals surface area (Å²) in [5.74, 6) is -0.0620. The Morgan fingerprint density at radius 3 is 2.53 bits per heavy atom. The molecule has 1 rings (SSSR count). The Kier molecular flexibility index (Phi) is 4.93. The van der Waals surface area contributed by atoms with Gasteiger partial charge in [0.05, 0.1) is 12.1 Å². The molecule has 0 aliphatic carbocycles. The van der Waals surface area contributed by atoms with E-state index in [-0.39, 0.29) is 18.4 Å². The third-order valence-electron chi connectivity index (χ3n) is 3.54. The van der Waals surface area contributed by atoms with Gasteiger partial charge in [0, 0.05) is 13.6 Å². The number of rotatable bonds is 5. The molecule has 1 unspecified atom stereocenters. The lowest BCUT2D eigenvalue weighted by atomic mass is 9.92. The van der Waals surface area contributed by atoms with Gasteiger partial charge in [-0.15, -0.1) is 0 Å². The van der Waals surface area contributed by atoms with Crippen LogP contribution < -0.4 is 10.6 Å². The minimum Gasteiger partial charge on any atom is -0.358 e. The number of hydrogen-bond acceptors (Lipinski definition) is 3. The van der Waals surface area contributed by atoms with Crippen LogP contribution in [-0.4, -0.2) is 48.9 Å². The van der Waals surface area contributed by atoms with E-state index in [2.05, 4.69) is 10.6 Å². The normalized spacial score (nSPS) is 23.5. The largest absolute Gasteiger partial charge is 0.358 e. The quantitative estimate of drug-likeness (QED) is 0.718. The van der Waals surface area contributed by atoms with Gasteiger partial charge in [0.15, 0.2) is 0 Å². The van der Waals surface area contributed by atoms with Crippen LogP contribution in [0.25, 0.3) is 0 Å². The van der Waals surface area contributed by atoms with Crippen LogP contribution in [0.5, 0.6) is 0 Å². The highest BCUT2D eigenvalue weighted by Crippen LogP contribution is 2.25. The maximum absolute atomic E-state index is 12.5. The van der Waals surface area contributed by atoms with Gasteiger partial charge in [-0.25, -0.2) is 0 Å². The minimum absolute atomic E-state index is 0.0589. The average Bonchev–Trinajstić information content (AvgIpc) is 2.84. The zero-order chi connectivity index (χ0) is 12.9. The maximum Gasteiger partial charge on any atom is 0.243 e. The molecule has 0 saturated carbocycles. The smallest absolute Gasteiger partial charge is 0.243 e. The molecule has 17 heavy (non-hydrogen) atoms. The second-order valence-corrected chi connectivity index (χ2v) is 4.46. The lowest BCUT2D eigenvalue weighted by molar-refractivity contribution is -0.141. The molecule has 5 heteroatoms. The van der Waals surface area contributed by atoms with Crippen LogP contribution in [-0.2, 0) is 9.59 Å². The highest BCUT2D eigenvalue weighted by atomic mass is 16.2. The van der Waals surface area contributed by atoms with Crippen molar-refractivity contribution in [1.29, 1.82) is 0 Å². The van der Waals surface area contributed by atoms with E-state index in [0.717, 1.165) is 25.8 Å². The van der Waals surface area contributed by atoms with Gasteiger partial charge >= 0.3 is 0 Å². The minimum atomic E-state index is -0.440. The van der Waals surface area contributed by atoms with E-state index in [1.807, 2.05) is 13.8 Å². The lowest BCUT2D eigenvalue weighted by Crippen LogP contribution is -2.56. The topological polar surface area (TPSA) is 61.4 Å². The van der Waals surface area contributed by atoms with E-state index < -0.39 is 5.54 Å². The third kappa shape index (κ3) is 2.97. The van der Waals surface area contributed by atoms with Gasteiger partial charge in [-0.1, -0.05) is 6.92 Å². The van der Waals surface area contributed by atoms with Crippen molar-refractivity contribution in [1.82, 2.24) is 15.5 Å². The molecular formula is C12H23N3O2. The van der Waals surface area contributed by atoms with Crippen LogP contribution in [0, 0.1) is 0 Å². The molecule has 0 radical (unpaired) electrons. The van der Waals surface area contributed by atoms with Gasteiger partial charge in [0.1, 0.15) is 0 Å².